The highest BCUT2D eigenvalue weighted by atomic mass is 16.2. The Labute approximate surface area is 103 Å². The number of hydrogen-bond acceptors (Lipinski definition) is 4. The number of nitrogens with zero attached hydrogens (tertiary/aromatic N) is 1. The number of nitrogens with one attached hydrogen (secondary N) is 2. The molecule has 0 aliphatic heterocycles. The van der Waals surface area contributed by atoms with Gasteiger partial charge in [0.1, 0.15) is 0 Å². The molecular weight excluding hydrogens is 220 g/mol. The molecule has 1 unspecified atom stereocenters. The summed E-state index contributed by atoms with van der Waals surface area (Å²) in [5.41, 5.74) is 2.11. The quantitative estimate of drug-likeness (QED) is 0.319. The number of likely N-dealkylation sites (N-methyl/N-ethyl adjacent to an activating group) is 1. The third-order valence-electron chi connectivity index (χ3n) is 2.39. The second-order valence-corrected chi connectivity index (χ2v) is 4.46. The molecule has 0 aromatic carbocycles. The van der Waals surface area contributed by atoms with Gasteiger partial charge in [-0.2, -0.15) is 0 Å². The van der Waals surface area contributed by atoms with Gasteiger partial charge >= 0.3 is 0 Å². The fourth-order valence-electron chi connectivity index (χ4n) is 1.49. The van der Waals surface area contributed by atoms with Gasteiger partial charge in [0.25, 0.3) is 0 Å². The highest BCUT2D eigenvalue weighted by Crippen LogP contribution is 1.99. The first kappa shape index (κ1) is 15.9. The van der Waals surface area contributed by atoms with Gasteiger partial charge in [0.2, 0.25) is 11.8 Å². The second kappa shape index (κ2) is 8.03. The Hall–Kier alpha value is -1.14. The molecule has 0 rings (SSSR count). The molecule has 6 nitrogen and oxygen atoms in total. The first-order valence-electron chi connectivity index (χ1n) is 5.92. The van der Waals surface area contributed by atoms with Gasteiger partial charge in [-0.15, -0.1) is 0 Å². The molecule has 0 radical (unpaired) electrons. The Bertz CT molecular complexity index is 256. The van der Waals surface area contributed by atoms with Crippen molar-refractivity contribution in [2.45, 2.75) is 33.7 Å². The molecule has 2 amide bonds. The van der Waals surface area contributed by atoms with Crippen LogP contribution in [0.2, 0.25) is 0 Å². The molecule has 0 fully saturated rings. The lowest BCUT2D eigenvalue weighted by Gasteiger charge is -2.23. The second-order valence-electron chi connectivity index (χ2n) is 4.46. The molecule has 1 atom stereocenters. The number of hydrogen-bond donors (Lipinski definition) is 3. The van der Waals surface area contributed by atoms with E-state index < -0.39 is 0 Å². The summed E-state index contributed by atoms with van der Waals surface area (Å²) in [6.45, 7) is 9.11. The number of nitrogens with two attached hydrogens (primary N) is 1. The number of rotatable bonds is 7. The SMILES string of the molecule is CCN(CC(=O)NC(C)C)CC(C)C(=O)NN. The molecule has 0 aromatic rings. The van der Waals surface area contributed by atoms with Crippen LogP contribution < -0.4 is 16.6 Å². The summed E-state index contributed by atoms with van der Waals surface area (Å²) in [6, 6.07) is 0.131. The van der Waals surface area contributed by atoms with Gasteiger partial charge in [0.15, 0.2) is 0 Å². The summed E-state index contributed by atoms with van der Waals surface area (Å²) < 4.78 is 0. The predicted octanol–water partition coefficient (Wildman–Crippen LogP) is -0.541. The summed E-state index contributed by atoms with van der Waals surface area (Å²) in [4.78, 5) is 24.7. The van der Waals surface area contributed by atoms with Crippen molar-refractivity contribution >= 4 is 11.8 Å². The van der Waals surface area contributed by atoms with E-state index in [4.69, 9.17) is 5.84 Å². The smallest absolute Gasteiger partial charge is 0.237 e. The van der Waals surface area contributed by atoms with Crippen molar-refractivity contribution in [3.8, 4) is 0 Å². The van der Waals surface area contributed by atoms with Crippen LogP contribution in [0.4, 0.5) is 0 Å². The Morgan fingerprint density at radius 3 is 2.29 bits per heavy atom. The largest absolute Gasteiger partial charge is 0.353 e. The fraction of sp³-hybridized carbons (Fsp3) is 0.818. The van der Waals surface area contributed by atoms with E-state index in [-0.39, 0.29) is 23.8 Å². The maximum Gasteiger partial charge on any atom is 0.237 e. The number of hydrazine groups is 1. The van der Waals surface area contributed by atoms with Gasteiger partial charge in [-0.25, -0.2) is 5.84 Å². The lowest BCUT2D eigenvalue weighted by molar-refractivity contribution is -0.127. The van der Waals surface area contributed by atoms with E-state index in [0.717, 1.165) is 0 Å². The van der Waals surface area contributed by atoms with Crippen LogP contribution in [0.1, 0.15) is 27.7 Å². The predicted molar refractivity (Wildman–Crippen MR) is 66.9 cm³/mol. The maximum absolute atomic E-state index is 11.6. The van der Waals surface area contributed by atoms with Gasteiger partial charge in [-0.1, -0.05) is 13.8 Å². The lowest BCUT2D eigenvalue weighted by Crippen LogP contribution is -2.44. The van der Waals surface area contributed by atoms with Gasteiger partial charge < -0.3 is 5.32 Å². The van der Waals surface area contributed by atoms with E-state index in [1.165, 1.54) is 0 Å². The average Bonchev–Trinajstić information content (AvgIpc) is 2.25. The third kappa shape index (κ3) is 6.91. The van der Waals surface area contributed by atoms with E-state index in [1.807, 2.05) is 25.7 Å². The lowest BCUT2D eigenvalue weighted by atomic mass is 10.1. The zero-order valence-corrected chi connectivity index (χ0v) is 11.1. The Kier molecular flexibility index (Phi) is 7.49. The van der Waals surface area contributed by atoms with Crippen LogP contribution >= 0.6 is 0 Å². The molecule has 0 saturated heterocycles. The van der Waals surface area contributed by atoms with Crippen LogP contribution in [0.25, 0.3) is 0 Å². The minimum Gasteiger partial charge on any atom is -0.353 e. The number of amides is 2. The van der Waals surface area contributed by atoms with Gasteiger partial charge in [-0.3, -0.25) is 19.9 Å². The fourth-order valence-corrected chi connectivity index (χ4v) is 1.49. The van der Waals surface area contributed by atoms with Gasteiger partial charge in [-0.05, 0) is 20.4 Å². The summed E-state index contributed by atoms with van der Waals surface area (Å²) >= 11 is 0. The molecule has 4 N–H and O–H groups in total. The molecule has 0 aliphatic rings. The Morgan fingerprint density at radius 2 is 1.88 bits per heavy atom. The molecule has 0 bridgehead atoms. The van der Waals surface area contributed by atoms with Crippen LogP contribution in [0.15, 0.2) is 0 Å². The topological polar surface area (TPSA) is 87.5 Å². The van der Waals surface area contributed by atoms with Crippen molar-refractivity contribution in [2.24, 2.45) is 11.8 Å². The first-order chi connectivity index (χ1) is 7.90. The zero-order valence-electron chi connectivity index (χ0n) is 11.1. The van der Waals surface area contributed by atoms with E-state index in [1.54, 1.807) is 6.92 Å². The normalized spacial score (nSPS) is 12.6. The minimum atomic E-state index is -0.230. The van der Waals surface area contributed by atoms with Crippen molar-refractivity contribution in [2.75, 3.05) is 19.6 Å². The van der Waals surface area contributed by atoms with Crippen molar-refractivity contribution in [3.05, 3.63) is 0 Å². The van der Waals surface area contributed by atoms with E-state index >= 15 is 0 Å². The molecule has 0 heterocycles. The van der Waals surface area contributed by atoms with Gasteiger partial charge in [0.05, 0.1) is 6.54 Å². The van der Waals surface area contributed by atoms with Crippen molar-refractivity contribution in [1.29, 1.82) is 0 Å². The van der Waals surface area contributed by atoms with E-state index in [0.29, 0.717) is 19.6 Å². The summed E-state index contributed by atoms with van der Waals surface area (Å²) in [5, 5.41) is 2.82. The number of carbonyl (C=O) groups excluding carboxylic acids is 2. The summed E-state index contributed by atoms with van der Waals surface area (Å²) in [6.07, 6.45) is 0. The Balaban J connectivity index is 4.16. The third-order valence-corrected chi connectivity index (χ3v) is 2.39. The molecule has 0 spiro atoms. The van der Waals surface area contributed by atoms with Crippen molar-refractivity contribution in [1.82, 2.24) is 15.6 Å². The molecule has 0 aliphatic carbocycles. The highest BCUT2D eigenvalue weighted by Gasteiger charge is 2.17. The van der Waals surface area contributed by atoms with Gasteiger partial charge in [0, 0.05) is 18.5 Å². The molecule has 6 heteroatoms. The van der Waals surface area contributed by atoms with Crippen LogP contribution in [-0.4, -0.2) is 42.4 Å². The molecule has 0 saturated carbocycles. The summed E-state index contributed by atoms with van der Waals surface area (Å²) in [5.74, 6) is 4.59. The zero-order chi connectivity index (χ0) is 13.4. The molecule has 100 valence electrons. The minimum absolute atomic E-state index is 0.0257. The summed E-state index contributed by atoms with van der Waals surface area (Å²) in [7, 11) is 0. The standard InChI is InChI=1S/C11H24N4O2/c1-5-15(6-9(4)11(17)14-12)7-10(16)13-8(2)3/h8-9H,5-7,12H2,1-4H3,(H,13,16)(H,14,17). The van der Waals surface area contributed by atoms with E-state index in [9.17, 15) is 9.59 Å². The Morgan fingerprint density at radius 1 is 1.29 bits per heavy atom. The van der Waals surface area contributed by atoms with Crippen LogP contribution in [0.3, 0.4) is 0 Å². The van der Waals surface area contributed by atoms with Crippen LogP contribution in [0, 0.1) is 5.92 Å². The van der Waals surface area contributed by atoms with Crippen LogP contribution in [-0.2, 0) is 9.59 Å². The maximum atomic E-state index is 11.6. The van der Waals surface area contributed by atoms with Crippen molar-refractivity contribution < 1.29 is 9.59 Å². The number of carbonyl (C=O) groups is 2. The van der Waals surface area contributed by atoms with E-state index in [2.05, 4.69) is 10.7 Å². The molecular formula is C11H24N4O2. The molecule has 17 heavy (non-hydrogen) atoms. The average molecular weight is 244 g/mol. The highest BCUT2D eigenvalue weighted by molar-refractivity contribution is 5.79. The monoisotopic (exact) mass is 244 g/mol. The van der Waals surface area contributed by atoms with Crippen LogP contribution in [0.5, 0.6) is 0 Å². The molecule has 0 aromatic heterocycles. The van der Waals surface area contributed by atoms with Crippen molar-refractivity contribution in [3.63, 3.8) is 0 Å². The first-order valence-corrected chi connectivity index (χ1v) is 5.92.